The molecule has 2 aliphatic heterocycles. The minimum atomic E-state index is -0.0248. The highest BCUT2D eigenvalue weighted by molar-refractivity contribution is 14.1. The summed E-state index contributed by atoms with van der Waals surface area (Å²) in [4.78, 5) is 13.9. The Bertz CT molecular complexity index is 433. The van der Waals surface area contributed by atoms with Crippen molar-refractivity contribution in [3.05, 3.63) is 27.3 Å². The zero-order valence-corrected chi connectivity index (χ0v) is 10.2. The lowest BCUT2D eigenvalue weighted by molar-refractivity contribution is 0.0294. The molecule has 0 radical (unpaired) electrons. The Labute approximate surface area is 102 Å². The molecule has 0 aliphatic carbocycles. The van der Waals surface area contributed by atoms with Crippen LogP contribution in [0.25, 0.3) is 0 Å². The second-order valence-corrected chi connectivity index (χ2v) is 5.10. The number of carbonyl (C=O) groups excluding carboxylic acids is 1. The van der Waals surface area contributed by atoms with E-state index in [2.05, 4.69) is 22.6 Å². The molecule has 0 N–H and O–H groups in total. The van der Waals surface area contributed by atoms with Gasteiger partial charge >= 0.3 is 0 Å². The number of hydrogen-bond donors (Lipinski definition) is 0. The van der Waals surface area contributed by atoms with Crippen LogP contribution >= 0.6 is 22.6 Å². The molecule has 1 aromatic rings. The van der Waals surface area contributed by atoms with Crippen LogP contribution in [0.3, 0.4) is 0 Å². The van der Waals surface area contributed by atoms with Gasteiger partial charge in [0.2, 0.25) is 0 Å². The summed E-state index contributed by atoms with van der Waals surface area (Å²) in [7, 11) is 0. The molecule has 3 rings (SSSR count). The highest BCUT2D eigenvalue weighted by Crippen LogP contribution is 2.33. The topological polar surface area (TPSA) is 29.5 Å². The van der Waals surface area contributed by atoms with Gasteiger partial charge in [0.05, 0.1) is 5.56 Å². The number of hydrogen-bond acceptors (Lipinski definition) is 2. The molecule has 1 saturated heterocycles. The van der Waals surface area contributed by atoms with Crippen molar-refractivity contribution in [1.29, 1.82) is 0 Å². The Morgan fingerprint density at radius 1 is 1.47 bits per heavy atom. The normalized spacial score (nSPS) is 23.4. The van der Waals surface area contributed by atoms with Crippen molar-refractivity contribution in [2.45, 2.75) is 19.1 Å². The third-order valence-electron chi connectivity index (χ3n) is 2.90. The first-order valence-corrected chi connectivity index (χ1v) is 6.11. The second kappa shape index (κ2) is 3.37. The molecule has 0 aromatic heterocycles. The number of rotatable bonds is 0. The SMILES string of the molecule is O=C1c2ccc(I)cc2OC2CCCN12. The highest BCUT2D eigenvalue weighted by Gasteiger charge is 2.36. The fourth-order valence-electron chi connectivity index (χ4n) is 2.16. The Kier molecular flexibility index (Phi) is 2.12. The number of carbonyl (C=O) groups is 1. The summed E-state index contributed by atoms with van der Waals surface area (Å²) < 4.78 is 6.91. The lowest BCUT2D eigenvalue weighted by Gasteiger charge is -2.31. The molecular formula is C11H10INO2. The predicted octanol–water partition coefficient (Wildman–Crippen LogP) is 2.25. The van der Waals surface area contributed by atoms with Gasteiger partial charge in [0.25, 0.3) is 5.91 Å². The summed E-state index contributed by atoms with van der Waals surface area (Å²) in [6, 6.07) is 5.73. The quantitative estimate of drug-likeness (QED) is 0.687. The molecule has 1 atom stereocenters. The van der Waals surface area contributed by atoms with Crippen molar-refractivity contribution >= 4 is 28.5 Å². The molecule has 1 amide bonds. The Morgan fingerprint density at radius 3 is 3.20 bits per heavy atom. The number of halogens is 1. The van der Waals surface area contributed by atoms with Crippen LogP contribution in [0.1, 0.15) is 23.2 Å². The fraction of sp³-hybridized carbons (Fsp3) is 0.364. The standard InChI is InChI=1S/C11H10INO2/c12-7-3-4-8-9(6-7)15-10-2-1-5-13(10)11(8)14/h3-4,6,10H,1-2,5H2. The van der Waals surface area contributed by atoms with Crippen molar-refractivity contribution < 1.29 is 9.53 Å². The smallest absolute Gasteiger partial charge is 0.260 e. The molecule has 78 valence electrons. The van der Waals surface area contributed by atoms with E-state index in [9.17, 15) is 4.79 Å². The number of nitrogens with zero attached hydrogens (tertiary/aromatic N) is 1. The van der Waals surface area contributed by atoms with Crippen LogP contribution < -0.4 is 4.74 Å². The van der Waals surface area contributed by atoms with Crippen LogP contribution in [-0.2, 0) is 0 Å². The molecule has 1 unspecified atom stereocenters. The van der Waals surface area contributed by atoms with Gasteiger partial charge in [-0.25, -0.2) is 0 Å². The maximum atomic E-state index is 12.1. The van der Waals surface area contributed by atoms with E-state index in [0.717, 1.165) is 28.7 Å². The molecule has 3 nitrogen and oxygen atoms in total. The van der Waals surface area contributed by atoms with Crippen LogP contribution in [0.15, 0.2) is 18.2 Å². The molecule has 0 saturated carbocycles. The van der Waals surface area contributed by atoms with Gasteiger partial charge in [0.15, 0.2) is 6.23 Å². The van der Waals surface area contributed by atoms with Crippen LogP contribution in [0.5, 0.6) is 5.75 Å². The molecular weight excluding hydrogens is 305 g/mol. The zero-order valence-electron chi connectivity index (χ0n) is 8.07. The molecule has 1 aromatic carbocycles. The molecule has 2 heterocycles. The van der Waals surface area contributed by atoms with Gasteiger partial charge in [0.1, 0.15) is 5.75 Å². The van der Waals surface area contributed by atoms with Gasteiger partial charge in [-0.05, 0) is 47.2 Å². The lowest BCUT2D eigenvalue weighted by Crippen LogP contribution is -2.42. The number of ether oxygens (including phenoxy) is 1. The second-order valence-electron chi connectivity index (χ2n) is 3.85. The monoisotopic (exact) mass is 315 g/mol. The van der Waals surface area contributed by atoms with Gasteiger partial charge in [0, 0.05) is 16.5 Å². The van der Waals surface area contributed by atoms with E-state index >= 15 is 0 Å². The molecule has 4 heteroatoms. The predicted molar refractivity (Wildman–Crippen MR) is 63.8 cm³/mol. The van der Waals surface area contributed by atoms with Gasteiger partial charge in [-0.15, -0.1) is 0 Å². The fourth-order valence-corrected chi connectivity index (χ4v) is 2.63. The minimum Gasteiger partial charge on any atom is -0.470 e. The van der Waals surface area contributed by atoms with Gasteiger partial charge in [-0.1, -0.05) is 0 Å². The molecule has 0 spiro atoms. The van der Waals surface area contributed by atoms with Crippen LogP contribution in [0.2, 0.25) is 0 Å². The van der Waals surface area contributed by atoms with Gasteiger partial charge in [-0.3, -0.25) is 4.79 Å². The van der Waals surface area contributed by atoms with Crippen molar-refractivity contribution in [1.82, 2.24) is 4.90 Å². The summed E-state index contributed by atoms with van der Waals surface area (Å²) in [5, 5.41) is 0. The van der Waals surface area contributed by atoms with Gasteiger partial charge < -0.3 is 9.64 Å². The van der Waals surface area contributed by atoms with Crippen molar-refractivity contribution in [3.8, 4) is 5.75 Å². The van der Waals surface area contributed by atoms with E-state index < -0.39 is 0 Å². The first kappa shape index (κ1) is 9.45. The van der Waals surface area contributed by atoms with E-state index in [1.165, 1.54) is 0 Å². The van der Waals surface area contributed by atoms with Crippen LogP contribution in [-0.4, -0.2) is 23.6 Å². The summed E-state index contributed by atoms with van der Waals surface area (Å²) in [6.07, 6.45) is 1.97. The lowest BCUT2D eigenvalue weighted by atomic mass is 10.1. The largest absolute Gasteiger partial charge is 0.470 e. The van der Waals surface area contributed by atoms with E-state index in [0.29, 0.717) is 5.56 Å². The summed E-state index contributed by atoms with van der Waals surface area (Å²) >= 11 is 2.23. The summed E-state index contributed by atoms with van der Waals surface area (Å²) in [5.41, 5.74) is 0.702. The Balaban J connectivity index is 2.08. The third kappa shape index (κ3) is 1.42. The first-order valence-electron chi connectivity index (χ1n) is 5.03. The van der Waals surface area contributed by atoms with Crippen molar-refractivity contribution in [2.24, 2.45) is 0 Å². The molecule has 2 aliphatic rings. The third-order valence-corrected chi connectivity index (χ3v) is 3.57. The van der Waals surface area contributed by atoms with Crippen LogP contribution in [0, 0.1) is 3.57 Å². The first-order chi connectivity index (χ1) is 7.25. The maximum Gasteiger partial charge on any atom is 0.260 e. The average molecular weight is 315 g/mol. The van der Waals surface area contributed by atoms with Crippen LogP contribution in [0.4, 0.5) is 0 Å². The highest BCUT2D eigenvalue weighted by atomic mass is 127. The van der Waals surface area contributed by atoms with Crippen molar-refractivity contribution in [2.75, 3.05) is 6.54 Å². The number of benzene rings is 1. The van der Waals surface area contributed by atoms with Gasteiger partial charge in [-0.2, -0.15) is 0 Å². The Hall–Kier alpha value is -0.780. The van der Waals surface area contributed by atoms with E-state index in [4.69, 9.17) is 4.74 Å². The van der Waals surface area contributed by atoms with E-state index in [1.807, 2.05) is 23.1 Å². The maximum absolute atomic E-state index is 12.1. The summed E-state index contributed by atoms with van der Waals surface area (Å²) in [6.45, 7) is 0.828. The molecule has 15 heavy (non-hydrogen) atoms. The molecule has 0 bridgehead atoms. The number of fused-ring (bicyclic) bond motifs is 2. The van der Waals surface area contributed by atoms with E-state index in [1.54, 1.807) is 0 Å². The number of amides is 1. The minimum absolute atomic E-state index is 0.0248. The van der Waals surface area contributed by atoms with E-state index in [-0.39, 0.29) is 12.1 Å². The summed E-state index contributed by atoms with van der Waals surface area (Å²) in [5.74, 6) is 0.866. The Morgan fingerprint density at radius 2 is 2.33 bits per heavy atom. The molecule has 1 fully saturated rings. The zero-order chi connectivity index (χ0) is 10.4. The van der Waals surface area contributed by atoms with Crippen molar-refractivity contribution in [3.63, 3.8) is 0 Å². The average Bonchev–Trinajstić information content (AvgIpc) is 2.65.